The predicted octanol–water partition coefficient (Wildman–Crippen LogP) is 1.73. The fourth-order valence-electron chi connectivity index (χ4n) is 2.48. The van der Waals surface area contributed by atoms with Gasteiger partial charge in [-0.05, 0) is 12.1 Å². The Morgan fingerprint density at radius 2 is 1.64 bits per heavy atom. The summed E-state index contributed by atoms with van der Waals surface area (Å²) in [7, 11) is -3.46. The minimum absolute atomic E-state index is 0.281. The molecule has 0 spiro atoms. The van der Waals surface area contributed by atoms with Gasteiger partial charge < -0.3 is 9.47 Å². The number of para-hydroxylation sites is 2. The number of hydrogen-bond acceptors (Lipinski definition) is 4. The first kappa shape index (κ1) is 17.1. The first-order chi connectivity index (χ1) is 10.5. The van der Waals surface area contributed by atoms with E-state index >= 15 is 0 Å². The van der Waals surface area contributed by atoms with Gasteiger partial charge in [-0.25, -0.2) is 0 Å². The van der Waals surface area contributed by atoms with E-state index in [0.29, 0.717) is 37.7 Å². The number of fused-ring (bicyclic) bond motifs is 1. The van der Waals surface area contributed by atoms with Gasteiger partial charge in [0.05, 0.1) is 6.54 Å². The largest absolute Gasteiger partial charge is 0.486 e. The summed E-state index contributed by atoms with van der Waals surface area (Å²) < 4.78 is 39.6. The molecule has 0 bridgehead atoms. The van der Waals surface area contributed by atoms with E-state index in [1.54, 1.807) is 0 Å². The summed E-state index contributed by atoms with van der Waals surface area (Å²) >= 11 is 0. The van der Waals surface area contributed by atoms with Crippen molar-refractivity contribution in [2.45, 2.75) is 26.9 Å². The third kappa shape index (κ3) is 3.53. The van der Waals surface area contributed by atoms with Crippen LogP contribution in [-0.4, -0.2) is 55.9 Å². The molecule has 0 saturated carbocycles. The van der Waals surface area contributed by atoms with Gasteiger partial charge in [-0.2, -0.15) is 17.0 Å². The maximum absolute atomic E-state index is 12.6. The van der Waals surface area contributed by atoms with Crippen molar-refractivity contribution in [2.24, 2.45) is 0 Å². The highest BCUT2D eigenvalue weighted by Gasteiger charge is 2.31. The lowest BCUT2D eigenvalue weighted by Crippen LogP contribution is -2.49. The molecule has 0 fully saturated rings. The van der Waals surface area contributed by atoms with E-state index in [2.05, 4.69) is 0 Å². The summed E-state index contributed by atoms with van der Waals surface area (Å²) in [5, 5.41) is 0. The molecule has 0 aliphatic carbocycles. The minimum atomic E-state index is -3.46. The monoisotopic (exact) mass is 328 g/mol. The lowest BCUT2D eigenvalue weighted by atomic mass is 10.2. The van der Waals surface area contributed by atoms with Gasteiger partial charge in [0.15, 0.2) is 11.5 Å². The van der Waals surface area contributed by atoms with Crippen molar-refractivity contribution >= 4 is 10.2 Å². The second-order valence-electron chi connectivity index (χ2n) is 5.04. The van der Waals surface area contributed by atoms with Crippen molar-refractivity contribution in [3.8, 4) is 11.5 Å². The zero-order valence-corrected chi connectivity index (χ0v) is 14.2. The van der Waals surface area contributed by atoms with Crippen molar-refractivity contribution in [1.82, 2.24) is 8.61 Å². The smallest absolute Gasteiger partial charge is 0.282 e. The molecule has 6 nitrogen and oxygen atoms in total. The van der Waals surface area contributed by atoms with Crippen molar-refractivity contribution in [3.63, 3.8) is 0 Å². The van der Waals surface area contributed by atoms with E-state index in [0.717, 1.165) is 0 Å². The lowest BCUT2D eigenvalue weighted by Gasteiger charge is -2.32. The molecule has 1 heterocycles. The SMILES string of the molecule is CCN(CC)S(=O)(=O)N(CC)C[C@@H]1COc2ccccc2O1. The molecule has 0 aromatic heterocycles. The highest BCUT2D eigenvalue weighted by molar-refractivity contribution is 7.86. The summed E-state index contributed by atoms with van der Waals surface area (Å²) in [6, 6.07) is 7.42. The lowest BCUT2D eigenvalue weighted by molar-refractivity contribution is 0.0759. The van der Waals surface area contributed by atoms with Crippen LogP contribution in [0.2, 0.25) is 0 Å². The molecule has 1 aromatic carbocycles. The van der Waals surface area contributed by atoms with Gasteiger partial charge in [-0.1, -0.05) is 32.9 Å². The van der Waals surface area contributed by atoms with Crippen LogP contribution >= 0.6 is 0 Å². The van der Waals surface area contributed by atoms with E-state index in [4.69, 9.17) is 9.47 Å². The summed E-state index contributed by atoms with van der Waals surface area (Å²) in [4.78, 5) is 0. The van der Waals surface area contributed by atoms with Crippen LogP contribution in [-0.2, 0) is 10.2 Å². The van der Waals surface area contributed by atoms with Crippen molar-refractivity contribution in [3.05, 3.63) is 24.3 Å². The Hall–Kier alpha value is -1.31. The van der Waals surface area contributed by atoms with E-state index in [1.165, 1.54) is 8.61 Å². The normalized spacial score (nSPS) is 18.0. The fraction of sp³-hybridized carbons (Fsp3) is 0.600. The molecule has 124 valence electrons. The fourth-order valence-corrected chi connectivity index (χ4v) is 4.14. The highest BCUT2D eigenvalue weighted by Crippen LogP contribution is 2.31. The van der Waals surface area contributed by atoms with Crippen LogP contribution in [0.5, 0.6) is 11.5 Å². The van der Waals surface area contributed by atoms with Crippen LogP contribution in [0.3, 0.4) is 0 Å². The van der Waals surface area contributed by atoms with Crippen molar-refractivity contribution < 1.29 is 17.9 Å². The van der Waals surface area contributed by atoms with Gasteiger partial charge in [0.2, 0.25) is 0 Å². The Bertz CT molecular complexity index is 587. The Balaban J connectivity index is 2.09. The molecule has 0 radical (unpaired) electrons. The topological polar surface area (TPSA) is 59.1 Å². The molecule has 1 atom stereocenters. The Morgan fingerprint density at radius 3 is 2.23 bits per heavy atom. The molecule has 2 rings (SSSR count). The second kappa shape index (κ2) is 7.30. The van der Waals surface area contributed by atoms with Gasteiger partial charge in [-0.15, -0.1) is 0 Å². The van der Waals surface area contributed by atoms with Crippen LogP contribution in [0, 0.1) is 0 Å². The highest BCUT2D eigenvalue weighted by atomic mass is 32.2. The Morgan fingerprint density at radius 1 is 1.05 bits per heavy atom. The first-order valence-electron chi connectivity index (χ1n) is 7.66. The molecule has 0 N–H and O–H groups in total. The molecule has 22 heavy (non-hydrogen) atoms. The number of hydrogen-bond donors (Lipinski definition) is 0. The molecule has 0 amide bonds. The summed E-state index contributed by atoms with van der Waals surface area (Å²) in [5.74, 6) is 1.36. The first-order valence-corrected chi connectivity index (χ1v) is 9.06. The van der Waals surface area contributed by atoms with Crippen molar-refractivity contribution in [2.75, 3.05) is 32.8 Å². The van der Waals surface area contributed by atoms with Crippen molar-refractivity contribution in [1.29, 1.82) is 0 Å². The van der Waals surface area contributed by atoms with Gasteiger partial charge in [0, 0.05) is 19.6 Å². The molecular formula is C15H24N2O4S. The maximum Gasteiger partial charge on any atom is 0.282 e. The molecule has 7 heteroatoms. The van der Waals surface area contributed by atoms with Crippen LogP contribution < -0.4 is 9.47 Å². The minimum Gasteiger partial charge on any atom is -0.486 e. The van der Waals surface area contributed by atoms with Gasteiger partial charge in [0.1, 0.15) is 12.7 Å². The van der Waals surface area contributed by atoms with Crippen LogP contribution in [0.15, 0.2) is 24.3 Å². The van der Waals surface area contributed by atoms with Gasteiger partial charge in [-0.3, -0.25) is 0 Å². The standard InChI is InChI=1S/C15H24N2O4S/c1-4-16(5-2)22(18,19)17(6-3)11-13-12-20-14-9-7-8-10-15(14)21-13/h7-10,13H,4-6,11-12H2,1-3H3/t13-/m1/s1. The molecule has 1 aliphatic rings. The Kier molecular flexibility index (Phi) is 5.66. The second-order valence-corrected chi connectivity index (χ2v) is 6.97. The Labute approximate surface area is 132 Å². The number of nitrogens with zero attached hydrogens (tertiary/aromatic N) is 2. The van der Waals surface area contributed by atoms with Gasteiger partial charge >= 0.3 is 0 Å². The molecular weight excluding hydrogens is 304 g/mol. The third-order valence-electron chi connectivity index (χ3n) is 3.69. The van der Waals surface area contributed by atoms with Crippen LogP contribution in [0.25, 0.3) is 0 Å². The predicted molar refractivity (Wildman–Crippen MR) is 85.4 cm³/mol. The average Bonchev–Trinajstić information content (AvgIpc) is 2.53. The third-order valence-corrected chi connectivity index (χ3v) is 5.91. The molecule has 0 saturated heterocycles. The molecule has 0 unspecified atom stereocenters. The maximum atomic E-state index is 12.6. The van der Waals surface area contributed by atoms with E-state index < -0.39 is 10.2 Å². The summed E-state index contributed by atoms with van der Waals surface area (Å²) in [5.41, 5.74) is 0. The average molecular weight is 328 g/mol. The number of rotatable bonds is 7. The van der Waals surface area contributed by atoms with Crippen LogP contribution in [0.1, 0.15) is 20.8 Å². The molecule has 1 aromatic rings. The summed E-state index contributed by atoms with van der Waals surface area (Å²) in [6.07, 6.45) is -0.305. The number of ether oxygens (including phenoxy) is 2. The number of likely N-dealkylation sites (N-methyl/N-ethyl adjacent to an activating group) is 1. The van der Waals surface area contributed by atoms with Crippen LogP contribution in [0.4, 0.5) is 0 Å². The molecule has 1 aliphatic heterocycles. The zero-order valence-electron chi connectivity index (χ0n) is 13.4. The quantitative estimate of drug-likeness (QED) is 0.765. The summed E-state index contributed by atoms with van der Waals surface area (Å²) in [6.45, 7) is 7.46. The zero-order chi connectivity index (χ0) is 16.2. The van der Waals surface area contributed by atoms with E-state index in [9.17, 15) is 8.42 Å². The van der Waals surface area contributed by atoms with Gasteiger partial charge in [0.25, 0.3) is 10.2 Å². The number of benzene rings is 1. The van der Waals surface area contributed by atoms with E-state index in [1.807, 2.05) is 45.0 Å². The van der Waals surface area contributed by atoms with E-state index in [-0.39, 0.29) is 12.6 Å².